The molecule has 0 aliphatic carbocycles. The van der Waals surface area contributed by atoms with Crippen LogP contribution in [-0.2, 0) is 19.1 Å². The van der Waals surface area contributed by atoms with Gasteiger partial charge in [-0.25, -0.2) is 9.69 Å². The Morgan fingerprint density at radius 2 is 1.86 bits per heavy atom. The largest absolute Gasteiger partial charge is 0.461 e. The first-order valence-corrected chi connectivity index (χ1v) is 10.0. The summed E-state index contributed by atoms with van der Waals surface area (Å²) >= 11 is 9.42. The highest BCUT2D eigenvalue weighted by Crippen LogP contribution is 2.38. The van der Waals surface area contributed by atoms with Crippen molar-refractivity contribution < 1.29 is 19.1 Å². The van der Waals surface area contributed by atoms with Crippen LogP contribution in [0.1, 0.15) is 6.92 Å². The van der Waals surface area contributed by atoms with Gasteiger partial charge in [0.2, 0.25) is 5.91 Å². The lowest BCUT2D eigenvalue weighted by Gasteiger charge is -2.22. The predicted octanol–water partition coefficient (Wildman–Crippen LogP) is 3.40. The highest BCUT2D eigenvalue weighted by molar-refractivity contribution is 9.10. The Bertz CT molecular complexity index is 1040. The number of amides is 2. The molecule has 0 unspecified atom stereocenters. The van der Waals surface area contributed by atoms with Crippen molar-refractivity contribution in [3.63, 3.8) is 0 Å². The molecule has 29 heavy (non-hydrogen) atoms. The molecule has 0 radical (unpaired) electrons. The number of rotatable bonds is 4. The van der Waals surface area contributed by atoms with E-state index in [1.807, 2.05) is 0 Å². The van der Waals surface area contributed by atoms with Crippen molar-refractivity contribution in [3.05, 3.63) is 58.0 Å². The minimum absolute atomic E-state index is 0.0882. The van der Waals surface area contributed by atoms with Gasteiger partial charge >= 0.3 is 5.97 Å². The van der Waals surface area contributed by atoms with E-state index in [4.69, 9.17) is 16.3 Å². The summed E-state index contributed by atoms with van der Waals surface area (Å²) in [7, 11) is 0. The number of benzene rings is 2. The maximum atomic E-state index is 13.3. The summed E-state index contributed by atoms with van der Waals surface area (Å²) in [5.41, 5.74) is 0.840. The number of nitrogens with zero attached hydrogens (tertiary/aromatic N) is 3. The molecule has 0 spiro atoms. The van der Waals surface area contributed by atoms with Crippen molar-refractivity contribution in [2.24, 2.45) is 11.0 Å². The van der Waals surface area contributed by atoms with E-state index in [0.717, 1.165) is 9.37 Å². The minimum atomic E-state index is -1.05. The van der Waals surface area contributed by atoms with Gasteiger partial charge in [0.1, 0.15) is 12.0 Å². The molecule has 0 N–H and O–H groups in total. The summed E-state index contributed by atoms with van der Waals surface area (Å²) in [6, 6.07) is 12.5. The quantitative estimate of drug-likeness (QED) is 0.499. The van der Waals surface area contributed by atoms with Gasteiger partial charge in [-0.3, -0.25) is 14.6 Å². The van der Waals surface area contributed by atoms with E-state index in [2.05, 4.69) is 21.0 Å². The van der Waals surface area contributed by atoms with Crippen LogP contribution < -0.4 is 9.91 Å². The summed E-state index contributed by atoms with van der Waals surface area (Å²) < 4.78 is 5.89. The standard InChI is InChI=1S/C20H15BrClN3O4/c1-2-29-20(28)16-15-17(25(23-16)14-5-3-4-12(22)10-14)19(27)24(18(15)26)13-8-6-11(21)7-9-13/h3-10,15,17H,2H2,1H3/t15-,17-/m0/s1. The van der Waals surface area contributed by atoms with Crippen LogP contribution >= 0.6 is 27.5 Å². The molecule has 1 fully saturated rings. The number of fused-ring (bicyclic) bond motifs is 1. The van der Waals surface area contributed by atoms with E-state index in [-0.39, 0.29) is 12.3 Å². The maximum Gasteiger partial charge on any atom is 0.355 e. The number of anilines is 2. The second kappa shape index (κ2) is 7.61. The number of hydrogen-bond donors (Lipinski definition) is 0. The molecule has 2 aliphatic heterocycles. The molecule has 2 atom stereocenters. The normalized spacial score (nSPS) is 20.7. The van der Waals surface area contributed by atoms with Crippen LogP contribution in [0.3, 0.4) is 0 Å². The van der Waals surface area contributed by atoms with Crippen LogP contribution in [0.25, 0.3) is 0 Å². The van der Waals surface area contributed by atoms with Crippen LogP contribution in [0.15, 0.2) is 58.1 Å². The van der Waals surface area contributed by atoms with Gasteiger partial charge in [-0.05, 0) is 49.4 Å². The first-order chi connectivity index (χ1) is 13.9. The lowest BCUT2D eigenvalue weighted by Crippen LogP contribution is -2.39. The Balaban J connectivity index is 1.79. The van der Waals surface area contributed by atoms with Gasteiger partial charge in [0.05, 0.1) is 18.0 Å². The molecule has 2 heterocycles. The number of carbonyl (C=O) groups excluding carboxylic acids is 3. The molecule has 2 aromatic carbocycles. The first-order valence-electron chi connectivity index (χ1n) is 8.86. The third-order valence-corrected chi connectivity index (χ3v) is 5.46. The number of esters is 1. The molecule has 0 saturated carbocycles. The average molecular weight is 477 g/mol. The van der Waals surface area contributed by atoms with E-state index in [1.165, 1.54) is 5.01 Å². The highest BCUT2D eigenvalue weighted by atomic mass is 79.9. The van der Waals surface area contributed by atoms with E-state index in [9.17, 15) is 14.4 Å². The van der Waals surface area contributed by atoms with Crippen molar-refractivity contribution in [1.82, 2.24) is 0 Å². The smallest absolute Gasteiger partial charge is 0.355 e. The van der Waals surface area contributed by atoms with E-state index < -0.39 is 29.7 Å². The summed E-state index contributed by atoms with van der Waals surface area (Å²) in [4.78, 5) is 40.0. The Labute approximate surface area is 180 Å². The Morgan fingerprint density at radius 1 is 1.14 bits per heavy atom. The third kappa shape index (κ3) is 3.32. The molecule has 0 aromatic heterocycles. The van der Waals surface area contributed by atoms with Crippen LogP contribution in [0.2, 0.25) is 5.02 Å². The third-order valence-electron chi connectivity index (χ3n) is 4.69. The van der Waals surface area contributed by atoms with Crippen molar-refractivity contribution in [3.8, 4) is 0 Å². The maximum absolute atomic E-state index is 13.3. The van der Waals surface area contributed by atoms with Gasteiger partial charge in [-0.2, -0.15) is 5.10 Å². The Hall–Kier alpha value is -2.71. The topological polar surface area (TPSA) is 79.3 Å². The zero-order chi connectivity index (χ0) is 20.7. The number of ether oxygens (including phenoxy) is 1. The zero-order valence-corrected chi connectivity index (χ0v) is 17.6. The molecule has 7 nitrogen and oxygen atoms in total. The lowest BCUT2D eigenvalue weighted by molar-refractivity contribution is -0.136. The van der Waals surface area contributed by atoms with Crippen LogP contribution in [0.5, 0.6) is 0 Å². The Morgan fingerprint density at radius 3 is 2.52 bits per heavy atom. The van der Waals surface area contributed by atoms with Crippen LogP contribution in [0.4, 0.5) is 11.4 Å². The zero-order valence-electron chi connectivity index (χ0n) is 15.2. The number of carbonyl (C=O) groups is 3. The molecule has 2 aromatic rings. The fourth-order valence-electron chi connectivity index (χ4n) is 3.46. The predicted molar refractivity (Wildman–Crippen MR) is 112 cm³/mol. The molecule has 2 aliphatic rings. The minimum Gasteiger partial charge on any atom is -0.461 e. The van der Waals surface area contributed by atoms with Crippen LogP contribution in [-0.4, -0.2) is 36.1 Å². The van der Waals surface area contributed by atoms with Gasteiger partial charge in [-0.1, -0.05) is 33.6 Å². The highest BCUT2D eigenvalue weighted by Gasteiger charge is 2.59. The molecule has 9 heteroatoms. The first kappa shape index (κ1) is 19.6. The van der Waals surface area contributed by atoms with Gasteiger partial charge in [-0.15, -0.1) is 0 Å². The van der Waals surface area contributed by atoms with Gasteiger partial charge in [0.25, 0.3) is 5.91 Å². The van der Waals surface area contributed by atoms with Crippen LogP contribution in [0, 0.1) is 5.92 Å². The van der Waals surface area contributed by atoms with E-state index >= 15 is 0 Å². The fraction of sp³-hybridized carbons (Fsp3) is 0.200. The lowest BCUT2D eigenvalue weighted by atomic mass is 9.98. The van der Waals surface area contributed by atoms with E-state index in [0.29, 0.717) is 16.4 Å². The number of hydrogen-bond acceptors (Lipinski definition) is 6. The molecule has 2 amide bonds. The Kier molecular flexibility index (Phi) is 5.14. The van der Waals surface area contributed by atoms with Crippen molar-refractivity contribution in [2.45, 2.75) is 13.0 Å². The van der Waals surface area contributed by atoms with Gasteiger partial charge < -0.3 is 4.74 Å². The molecule has 4 rings (SSSR count). The summed E-state index contributed by atoms with van der Waals surface area (Å²) in [6.45, 7) is 1.79. The molecular weight excluding hydrogens is 462 g/mol. The molecule has 0 bridgehead atoms. The summed E-state index contributed by atoms with van der Waals surface area (Å²) in [5.74, 6) is -2.75. The SMILES string of the molecule is CCOC(=O)C1=NN(c2cccc(Cl)c2)[C@@H]2C(=O)N(c3ccc(Br)cc3)C(=O)[C@@H]12. The molecule has 148 valence electrons. The fourth-order valence-corrected chi connectivity index (χ4v) is 3.91. The summed E-state index contributed by atoms with van der Waals surface area (Å²) in [6.07, 6.45) is 0. The monoisotopic (exact) mass is 475 g/mol. The van der Waals surface area contributed by atoms with Crippen molar-refractivity contribution in [2.75, 3.05) is 16.5 Å². The summed E-state index contributed by atoms with van der Waals surface area (Å²) in [5, 5.41) is 6.11. The second-order valence-corrected chi connectivity index (χ2v) is 7.79. The molecular formula is C20H15BrClN3O4. The van der Waals surface area contributed by atoms with Crippen molar-refractivity contribution >= 4 is 62.4 Å². The molecule has 1 saturated heterocycles. The van der Waals surface area contributed by atoms with Gasteiger partial charge in [0.15, 0.2) is 5.71 Å². The van der Waals surface area contributed by atoms with Crippen molar-refractivity contribution in [1.29, 1.82) is 0 Å². The number of imide groups is 1. The number of halogens is 2. The second-order valence-electron chi connectivity index (χ2n) is 6.44. The average Bonchev–Trinajstić information content (AvgIpc) is 3.21. The number of hydrazone groups is 1. The van der Waals surface area contributed by atoms with E-state index in [1.54, 1.807) is 55.5 Å². The van der Waals surface area contributed by atoms with Gasteiger partial charge in [0, 0.05) is 9.50 Å².